The van der Waals surface area contributed by atoms with Gasteiger partial charge in [-0.1, -0.05) is 26.0 Å². The van der Waals surface area contributed by atoms with E-state index in [1.807, 2.05) is 12.1 Å². The van der Waals surface area contributed by atoms with Gasteiger partial charge in [0.1, 0.15) is 5.76 Å². The van der Waals surface area contributed by atoms with Gasteiger partial charge in [0.25, 0.3) is 0 Å². The van der Waals surface area contributed by atoms with Crippen LogP contribution in [0.25, 0.3) is 0 Å². The van der Waals surface area contributed by atoms with Gasteiger partial charge in [-0.05, 0) is 44.4 Å². The summed E-state index contributed by atoms with van der Waals surface area (Å²) in [5, 5.41) is 3.59. The standard InChI is InChI=1S/C15H25NO/c1-4-10-16-14(12-13(3)5-2)8-9-15-7-6-11-17-15/h6-7,11,14,16H,3-5,8-10,12H2,1-2H3. The maximum atomic E-state index is 5.37. The van der Waals surface area contributed by atoms with E-state index in [9.17, 15) is 0 Å². The van der Waals surface area contributed by atoms with Crippen LogP contribution in [0.3, 0.4) is 0 Å². The van der Waals surface area contributed by atoms with Crippen molar-refractivity contribution >= 4 is 0 Å². The van der Waals surface area contributed by atoms with Crippen LogP contribution in [0.2, 0.25) is 0 Å². The van der Waals surface area contributed by atoms with E-state index in [4.69, 9.17) is 4.42 Å². The van der Waals surface area contributed by atoms with Gasteiger partial charge in [0.15, 0.2) is 0 Å². The molecule has 2 heteroatoms. The summed E-state index contributed by atoms with van der Waals surface area (Å²) in [7, 11) is 0. The summed E-state index contributed by atoms with van der Waals surface area (Å²) in [6.07, 6.45) is 7.20. The van der Waals surface area contributed by atoms with Crippen LogP contribution in [-0.2, 0) is 6.42 Å². The minimum atomic E-state index is 0.535. The van der Waals surface area contributed by atoms with Gasteiger partial charge in [-0.2, -0.15) is 0 Å². The summed E-state index contributed by atoms with van der Waals surface area (Å²) in [4.78, 5) is 0. The van der Waals surface area contributed by atoms with Gasteiger partial charge in [-0.25, -0.2) is 0 Å². The zero-order valence-corrected chi connectivity index (χ0v) is 11.2. The first-order valence-corrected chi connectivity index (χ1v) is 6.68. The summed E-state index contributed by atoms with van der Waals surface area (Å²) in [5.74, 6) is 1.08. The van der Waals surface area contributed by atoms with Gasteiger partial charge in [0.2, 0.25) is 0 Å². The smallest absolute Gasteiger partial charge is 0.103 e. The second-order valence-electron chi connectivity index (χ2n) is 4.58. The van der Waals surface area contributed by atoms with Crippen molar-refractivity contribution in [3.05, 3.63) is 36.3 Å². The average molecular weight is 235 g/mol. The Labute approximate surface area is 105 Å². The molecule has 96 valence electrons. The number of hydrogen-bond donors (Lipinski definition) is 1. The van der Waals surface area contributed by atoms with Crippen molar-refractivity contribution in [2.45, 2.75) is 52.0 Å². The van der Waals surface area contributed by atoms with Crippen LogP contribution in [0.1, 0.15) is 45.3 Å². The first-order chi connectivity index (χ1) is 8.26. The Morgan fingerprint density at radius 1 is 1.47 bits per heavy atom. The van der Waals surface area contributed by atoms with Gasteiger partial charge in [0, 0.05) is 12.5 Å². The molecule has 0 aromatic carbocycles. The summed E-state index contributed by atoms with van der Waals surface area (Å²) >= 11 is 0. The van der Waals surface area contributed by atoms with E-state index < -0.39 is 0 Å². The fourth-order valence-corrected chi connectivity index (χ4v) is 1.89. The molecule has 1 atom stereocenters. The lowest BCUT2D eigenvalue weighted by atomic mass is 10.0. The molecule has 0 radical (unpaired) electrons. The van der Waals surface area contributed by atoms with E-state index in [1.165, 1.54) is 12.0 Å². The molecule has 0 bridgehead atoms. The van der Waals surface area contributed by atoms with Gasteiger partial charge in [-0.15, -0.1) is 0 Å². The Hall–Kier alpha value is -1.02. The predicted octanol–water partition coefficient (Wildman–Crippen LogP) is 3.94. The number of rotatable bonds is 9. The number of furan rings is 1. The third-order valence-corrected chi connectivity index (χ3v) is 3.04. The Kier molecular flexibility index (Phi) is 6.71. The molecule has 1 aromatic heterocycles. The lowest BCUT2D eigenvalue weighted by Crippen LogP contribution is -2.30. The van der Waals surface area contributed by atoms with E-state index in [-0.39, 0.29) is 0 Å². The molecule has 0 aliphatic heterocycles. The van der Waals surface area contributed by atoms with E-state index in [2.05, 4.69) is 25.7 Å². The predicted molar refractivity (Wildman–Crippen MR) is 73.2 cm³/mol. The maximum Gasteiger partial charge on any atom is 0.103 e. The highest BCUT2D eigenvalue weighted by Gasteiger charge is 2.09. The second kappa shape index (κ2) is 8.13. The monoisotopic (exact) mass is 235 g/mol. The summed E-state index contributed by atoms with van der Waals surface area (Å²) < 4.78 is 5.37. The molecule has 0 fully saturated rings. The van der Waals surface area contributed by atoms with Crippen molar-refractivity contribution < 1.29 is 4.42 Å². The van der Waals surface area contributed by atoms with E-state index in [1.54, 1.807) is 6.26 Å². The zero-order valence-electron chi connectivity index (χ0n) is 11.2. The molecule has 1 heterocycles. The molecule has 1 unspecified atom stereocenters. The zero-order chi connectivity index (χ0) is 12.5. The first-order valence-electron chi connectivity index (χ1n) is 6.68. The topological polar surface area (TPSA) is 25.2 Å². The molecule has 0 spiro atoms. The van der Waals surface area contributed by atoms with Crippen LogP contribution < -0.4 is 5.32 Å². The second-order valence-corrected chi connectivity index (χ2v) is 4.58. The van der Waals surface area contributed by atoms with E-state index in [0.29, 0.717) is 6.04 Å². The Morgan fingerprint density at radius 2 is 2.29 bits per heavy atom. The van der Waals surface area contributed by atoms with Crippen molar-refractivity contribution in [2.75, 3.05) is 6.54 Å². The molecule has 0 saturated carbocycles. The van der Waals surface area contributed by atoms with Crippen molar-refractivity contribution in [3.8, 4) is 0 Å². The molecule has 1 rings (SSSR count). The fourth-order valence-electron chi connectivity index (χ4n) is 1.89. The molecule has 0 aliphatic rings. The number of nitrogens with one attached hydrogen (secondary N) is 1. The van der Waals surface area contributed by atoms with E-state index >= 15 is 0 Å². The van der Waals surface area contributed by atoms with Crippen LogP contribution in [-0.4, -0.2) is 12.6 Å². The van der Waals surface area contributed by atoms with Gasteiger partial charge in [-0.3, -0.25) is 0 Å². The maximum absolute atomic E-state index is 5.37. The van der Waals surface area contributed by atoms with Crippen LogP contribution in [0.5, 0.6) is 0 Å². The molecule has 0 aliphatic carbocycles. The Bertz CT molecular complexity index is 303. The van der Waals surface area contributed by atoms with Crippen LogP contribution in [0.15, 0.2) is 35.0 Å². The highest BCUT2D eigenvalue weighted by Crippen LogP contribution is 2.13. The lowest BCUT2D eigenvalue weighted by Gasteiger charge is -2.18. The van der Waals surface area contributed by atoms with Crippen molar-refractivity contribution in [1.82, 2.24) is 5.32 Å². The van der Waals surface area contributed by atoms with Crippen molar-refractivity contribution in [2.24, 2.45) is 0 Å². The van der Waals surface area contributed by atoms with Crippen molar-refractivity contribution in [1.29, 1.82) is 0 Å². The molecule has 17 heavy (non-hydrogen) atoms. The minimum absolute atomic E-state index is 0.535. The highest BCUT2D eigenvalue weighted by molar-refractivity contribution is 5.01. The van der Waals surface area contributed by atoms with Gasteiger partial charge < -0.3 is 9.73 Å². The highest BCUT2D eigenvalue weighted by atomic mass is 16.3. The van der Waals surface area contributed by atoms with Gasteiger partial charge >= 0.3 is 0 Å². The molecule has 2 nitrogen and oxygen atoms in total. The molecule has 0 saturated heterocycles. The Balaban J connectivity index is 2.36. The fraction of sp³-hybridized carbons (Fsp3) is 0.600. The van der Waals surface area contributed by atoms with Gasteiger partial charge in [0.05, 0.1) is 6.26 Å². The third-order valence-electron chi connectivity index (χ3n) is 3.04. The normalized spacial score (nSPS) is 12.6. The van der Waals surface area contributed by atoms with Crippen LogP contribution in [0.4, 0.5) is 0 Å². The quantitative estimate of drug-likeness (QED) is 0.656. The average Bonchev–Trinajstić information content (AvgIpc) is 2.85. The molecule has 0 amide bonds. The minimum Gasteiger partial charge on any atom is -0.469 e. The Morgan fingerprint density at radius 3 is 2.88 bits per heavy atom. The SMILES string of the molecule is C=C(CC)CC(CCc1ccco1)NCCC. The number of aryl methyl sites for hydroxylation is 1. The molecule has 1 N–H and O–H groups in total. The molecular weight excluding hydrogens is 210 g/mol. The lowest BCUT2D eigenvalue weighted by molar-refractivity contribution is 0.439. The molecule has 1 aromatic rings. The molecular formula is C15H25NO. The van der Waals surface area contributed by atoms with Crippen molar-refractivity contribution in [3.63, 3.8) is 0 Å². The first kappa shape index (κ1) is 14.0. The third kappa shape index (κ3) is 5.73. The largest absolute Gasteiger partial charge is 0.469 e. The summed E-state index contributed by atoms with van der Waals surface area (Å²) in [5.41, 5.74) is 1.33. The summed E-state index contributed by atoms with van der Waals surface area (Å²) in [6.45, 7) is 9.56. The van der Waals surface area contributed by atoms with E-state index in [0.717, 1.165) is 38.0 Å². The van der Waals surface area contributed by atoms with Crippen LogP contribution in [0, 0.1) is 0 Å². The number of hydrogen-bond acceptors (Lipinski definition) is 2. The van der Waals surface area contributed by atoms with Crippen LogP contribution >= 0.6 is 0 Å². The summed E-state index contributed by atoms with van der Waals surface area (Å²) in [6, 6.07) is 4.54.